The zero-order valence-corrected chi connectivity index (χ0v) is 14.4. The Bertz CT molecular complexity index is 651. The first-order valence-electron chi connectivity index (χ1n) is 8.08. The maximum atomic E-state index is 12.2. The first-order valence-corrected chi connectivity index (χ1v) is 8.45. The quantitative estimate of drug-likeness (QED) is 0.836. The number of allylic oxidation sites excluding steroid dienone is 1. The van der Waals surface area contributed by atoms with Crippen LogP contribution in [0.15, 0.2) is 48.4 Å². The zero-order valence-electron chi connectivity index (χ0n) is 13.7. The molecule has 1 fully saturated rings. The van der Waals surface area contributed by atoms with Crippen LogP contribution in [0.1, 0.15) is 12.8 Å². The molecule has 0 unspecified atom stereocenters. The van der Waals surface area contributed by atoms with Crippen LogP contribution >= 0.6 is 11.6 Å². The highest BCUT2D eigenvalue weighted by molar-refractivity contribution is 6.30. The van der Waals surface area contributed by atoms with Crippen LogP contribution in [0.25, 0.3) is 0 Å². The number of likely N-dealkylation sites (N-methyl/N-ethyl adjacent to an activating group) is 1. The molecule has 128 valence electrons. The van der Waals surface area contributed by atoms with Crippen LogP contribution in [0.2, 0.25) is 5.02 Å². The summed E-state index contributed by atoms with van der Waals surface area (Å²) in [6.45, 7) is 2.07. The largest absolute Gasteiger partial charge is 0.490 e. The van der Waals surface area contributed by atoms with E-state index >= 15 is 0 Å². The fraction of sp³-hybridized carbons (Fsp3) is 0.389. The normalized spacial score (nSPS) is 18.3. The Morgan fingerprint density at radius 3 is 2.79 bits per heavy atom. The van der Waals surface area contributed by atoms with E-state index < -0.39 is 0 Å². The summed E-state index contributed by atoms with van der Waals surface area (Å²) in [5.41, 5.74) is 0. The van der Waals surface area contributed by atoms with Gasteiger partial charge < -0.3 is 19.3 Å². The average Bonchev–Trinajstić information content (AvgIpc) is 2.55. The lowest BCUT2D eigenvalue weighted by molar-refractivity contribution is 0.0823. The van der Waals surface area contributed by atoms with Crippen molar-refractivity contribution in [2.24, 2.45) is 0 Å². The van der Waals surface area contributed by atoms with Crippen molar-refractivity contribution in [2.45, 2.75) is 18.9 Å². The lowest BCUT2D eigenvalue weighted by atomic mass is 10.1. The smallest absolute Gasteiger partial charge is 0.415 e. The Labute approximate surface area is 147 Å². The fourth-order valence-electron chi connectivity index (χ4n) is 2.76. The van der Waals surface area contributed by atoms with Gasteiger partial charge in [-0.3, -0.25) is 0 Å². The molecule has 2 aliphatic rings. The van der Waals surface area contributed by atoms with Crippen molar-refractivity contribution in [3.63, 3.8) is 0 Å². The molecule has 1 aromatic rings. The lowest BCUT2D eigenvalue weighted by Crippen LogP contribution is -2.42. The van der Waals surface area contributed by atoms with Crippen LogP contribution in [0.4, 0.5) is 4.79 Å². The van der Waals surface area contributed by atoms with Gasteiger partial charge in [0.2, 0.25) is 0 Å². The molecular formula is C18H21ClN2O3. The molecule has 1 amide bonds. The van der Waals surface area contributed by atoms with Gasteiger partial charge in [0, 0.05) is 50.7 Å². The van der Waals surface area contributed by atoms with Crippen molar-refractivity contribution in [1.82, 2.24) is 9.80 Å². The third-order valence-corrected chi connectivity index (χ3v) is 4.26. The molecule has 0 aromatic heterocycles. The van der Waals surface area contributed by atoms with Crippen molar-refractivity contribution in [1.29, 1.82) is 0 Å². The molecule has 0 atom stereocenters. The Morgan fingerprint density at radius 2 is 2.08 bits per heavy atom. The fourth-order valence-corrected chi connectivity index (χ4v) is 2.94. The number of rotatable bonds is 3. The van der Waals surface area contributed by atoms with E-state index in [1.54, 1.807) is 11.0 Å². The third-order valence-electron chi connectivity index (χ3n) is 4.03. The van der Waals surface area contributed by atoms with Gasteiger partial charge >= 0.3 is 6.09 Å². The number of piperidine rings is 1. The molecule has 1 saturated heterocycles. The highest BCUT2D eigenvalue weighted by Crippen LogP contribution is 2.22. The van der Waals surface area contributed by atoms with Gasteiger partial charge in [0.1, 0.15) is 17.6 Å². The molecule has 3 rings (SSSR count). The third kappa shape index (κ3) is 4.45. The molecule has 1 aromatic carbocycles. The number of ether oxygens (including phenoxy) is 2. The van der Waals surface area contributed by atoms with E-state index in [1.807, 2.05) is 48.5 Å². The van der Waals surface area contributed by atoms with Crippen LogP contribution in [0.5, 0.6) is 5.75 Å². The van der Waals surface area contributed by atoms with Crippen molar-refractivity contribution >= 4 is 17.7 Å². The van der Waals surface area contributed by atoms with Crippen LogP contribution in [0.3, 0.4) is 0 Å². The molecule has 6 heteroatoms. The number of carbonyl (C=O) groups excluding carboxylic acids is 1. The number of benzene rings is 1. The molecule has 0 radical (unpaired) electrons. The Kier molecular flexibility index (Phi) is 5.30. The van der Waals surface area contributed by atoms with Gasteiger partial charge in [-0.2, -0.15) is 0 Å². The van der Waals surface area contributed by atoms with E-state index in [0.29, 0.717) is 23.9 Å². The number of hydrogen-bond acceptors (Lipinski definition) is 4. The standard InChI is InChI=1S/C18H21ClN2O3/c1-20-9-3-6-17(13-20)24-18(22)21-10-7-15(8-11-21)23-16-5-2-4-14(19)12-16/h2-6,12-13,15H,7-11H2,1H3. The second-order valence-electron chi connectivity index (χ2n) is 6.00. The summed E-state index contributed by atoms with van der Waals surface area (Å²) in [7, 11) is 1.94. The summed E-state index contributed by atoms with van der Waals surface area (Å²) >= 11 is 5.97. The molecule has 0 N–H and O–H groups in total. The number of amides is 1. The summed E-state index contributed by atoms with van der Waals surface area (Å²) in [6.07, 6.45) is 6.95. The second kappa shape index (κ2) is 7.62. The SMILES string of the molecule is CN1C=C(OC(=O)N2CCC(Oc3cccc(Cl)c3)CC2)C=CC1. The van der Waals surface area contributed by atoms with Gasteiger partial charge in [-0.1, -0.05) is 23.7 Å². The lowest BCUT2D eigenvalue weighted by Gasteiger charge is -2.31. The summed E-state index contributed by atoms with van der Waals surface area (Å²) < 4.78 is 11.4. The maximum Gasteiger partial charge on any atom is 0.415 e. The number of halogens is 1. The highest BCUT2D eigenvalue weighted by Gasteiger charge is 2.25. The summed E-state index contributed by atoms with van der Waals surface area (Å²) in [4.78, 5) is 15.9. The zero-order chi connectivity index (χ0) is 16.9. The summed E-state index contributed by atoms with van der Waals surface area (Å²) in [5.74, 6) is 1.34. The monoisotopic (exact) mass is 348 g/mol. The van der Waals surface area contributed by atoms with E-state index in [9.17, 15) is 4.79 Å². The molecule has 0 aliphatic carbocycles. The first-order chi connectivity index (χ1) is 11.6. The van der Waals surface area contributed by atoms with Gasteiger partial charge in [0.15, 0.2) is 0 Å². The van der Waals surface area contributed by atoms with Gasteiger partial charge in [0.25, 0.3) is 0 Å². The van der Waals surface area contributed by atoms with E-state index in [4.69, 9.17) is 21.1 Å². The predicted octanol–water partition coefficient (Wildman–Crippen LogP) is 3.66. The van der Waals surface area contributed by atoms with Crippen molar-refractivity contribution in [3.05, 3.63) is 53.4 Å². The average molecular weight is 349 g/mol. The van der Waals surface area contributed by atoms with E-state index in [-0.39, 0.29) is 12.2 Å². The van der Waals surface area contributed by atoms with Crippen molar-refractivity contribution in [2.75, 3.05) is 26.7 Å². The molecule has 24 heavy (non-hydrogen) atoms. The molecule has 0 spiro atoms. The number of nitrogens with zero attached hydrogens (tertiary/aromatic N) is 2. The van der Waals surface area contributed by atoms with Crippen LogP contribution < -0.4 is 4.74 Å². The minimum Gasteiger partial charge on any atom is -0.490 e. The topological polar surface area (TPSA) is 42.0 Å². The van der Waals surface area contributed by atoms with Crippen LogP contribution in [-0.2, 0) is 4.74 Å². The Hall–Kier alpha value is -2.14. The molecule has 0 saturated carbocycles. The Morgan fingerprint density at radius 1 is 1.29 bits per heavy atom. The van der Waals surface area contributed by atoms with Crippen molar-refractivity contribution in [3.8, 4) is 5.75 Å². The second-order valence-corrected chi connectivity index (χ2v) is 6.44. The number of likely N-dealkylation sites (tertiary alicyclic amines) is 1. The van der Waals surface area contributed by atoms with Crippen LogP contribution in [0, 0.1) is 0 Å². The molecule has 5 nitrogen and oxygen atoms in total. The Balaban J connectivity index is 1.48. The number of carbonyl (C=O) groups is 1. The highest BCUT2D eigenvalue weighted by atomic mass is 35.5. The van der Waals surface area contributed by atoms with Gasteiger partial charge in [-0.15, -0.1) is 0 Å². The van der Waals surface area contributed by atoms with Crippen LogP contribution in [-0.4, -0.2) is 48.7 Å². The summed E-state index contributed by atoms with van der Waals surface area (Å²) in [6, 6.07) is 7.39. The minimum atomic E-state index is -0.303. The molecule has 2 heterocycles. The first kappa shape index (κ1) is 16.7. The minimum absolute atomic E-state index is 0.0902. The molecule has 0 bridgehead atoms. The van der Waals surface area contributed by atoms with E-state index in [2.05, 4.69) is 0 Å². The van der Waals surface area contributed by atoms with Gasteiger partial charge in [-0.25, -0.2) is 4.79 Å². The molecule has 2 aliphatic heterocycles. The summed E-state index contributed by atoms with van der Waals surface area (Å²) in [5, 5.41) is 0.660. The van der Waals surface area contributed by atoms with Gasteiger partial charge in [0.05, 0.1) is 0 Å². The number of hydrogen-bond donors (Lipinski definition) is 0. The molecular weight excluding hydrogens is 328 g/mol. The van der Waals surface area contributed by atoms with E-state index in [0.717, 1.165) is 25.1 Å². The van der Waals surface area contributed by atoms with E-state index in [1.165, 1.54) is 0 Å². The van der Waals surface area contributed by atoms with Crippen molar-refractivity contribution < 1.29 is 14.3 Å². The van der Waals surface area contributed by atoms with Gasteiger partial charge in [-0.05, 0) is 24.3 Å². The predicted molar refractivity (Wildman–Crippen MR) is 93.0 cm³/mol. The maximum absolute atomic E-state index is 12.2.